The Morgan fingerprint density at radius 3 is 1.95 bits per heavy atom. The highest BCUT2D eigenvalue weighted by molar-refractivity contribution is 6.19. The molecule has 5 rings (SSSR count). The van der Waals surface area contributed by atoms with Gasteiger partial charge in [0.1, 0.15) is 17.8 Å². The van der Waals surface area contributed by atoms with Gasteiger partial charge in [0, 0.05) is 17.6 Å². The molecule has 1 atom stereocenters. The van der Waals surface area contributed by atoms with Crippen LogP contribution >= 0.6 is 0 Å². The van der Waals surface area contributed by atoms with E-state index in [9.17, 15) is 19.5 Å². The second kappa shape index (κ2) is 13.4. The highest BCUT2D eigenvalue weighted by Crippen LogP contribution is 2.34. The Kier molecular flexibility index (Phi) is 9.47. The van der Waals surface area contributed by atoms with E-state index in [4.69, 9.17) is 23.4 Å². The Hall–Kier alpha value is -5.57. The fourth-order valence-electron chi connectivity index (χ4n) is 4.54. The van der Waals surface area contributed by atoms with Crippen LogP contribution in [-0.2, 0) is 14.3 Å². The van der Waals surface area contributed by atoms with Gasteiger partial charge in [-0.3, -0.25) is 14.4 Å². The summed E-state index contributed by atoms with van der Waals surface area (Å²) < 4.78 is 25.7. The van der Waals surface area contributed by atoms with Gasteiger partial charge < -0.3 is 28.5 Å². The van der Waals surface area contributed by atoms with Crippen LogP contribution in [0.25, 0.3) is 22.1 Å². The third-order valence-electron chi connectivity index (χ3n) is 6.82. The van der Waals surface area contributed by atoms with Crippen molar-refractivity contribution in [3.63, 3.8) is 0 Å². The van der Waals surface area contributed by atoms with Crippen LogP contribution in [0.3, 0.4) is 0 Å². The first-order chi connectivity index (χ1) is 20.8. The number of aromatic hydroxyl groups is 1. The first kappa shape index (κ1) is 30.4. The van der Waals surface area contributed by atoms with Crippen molar-refractivity contribution in [2.45, 2.75) is 5.92 Å². The Morgan fingerprint density at radius 2 is 1.40 bits per heavy atom. The molecule has 1 unspecified atom stereocenters. The van der Waals surface area contributed by atoms with Crippen LogP contribution in [0.1, 0.15) is 11.5 Å². The second-order valence-corrected chi connectivity index (χ2v) is 9.23. The number of benzene rings is 3. The van der Waals surface area contributed by atoms with E-state index in [1.165, 1.54) is 44.8 Å². The van der Waals surface area contributed by atoms with E-state index in [0.29, 0.717) is 22.3 Å². The molecular formula is C34H30O9. The van der Waals surface area contributed by atoms with Crippen molar-refractivity contribution in [1.29, 1.82) is 0 Å². The molecule has 1 aliphatic carbocycles. The lowest BCUT2D eigenvalue weighted by Gasteiger charge is -2.18. The van der Waals surface area contributed by atoms with Gasteiger partial charge in [0.05, 0.1) is 39.4 Å². The zero-order chi connectivity index (χ0) is 31.1. The van der Waals surface area contributed by atoms with Gasteiger partial charge in [-0.25, -0.2) is 0 Å². The number of ketones is 2. The lowest BCUT2D eigenvalue weighted by Crippen LogP contribution is -2.18. The van der Waals surface area contributed by atoms with Crippen LogP contribution in [0.5, 0.6) is 23.0 Å². The van der Waals surface area contributed by atoms with E-state index in [1.807, 2.05) is 12.1 Å². The SMILES string of the molecule is C=CC(C1=CC(=O)C(OC)=CC1=O)c1ccc(OC)cc1.COc1ccc(-c2coc3c(OC)c(O)ccc3c2=O)cc1. The molecule has 0 radical (unpaired) electrons. The summed E-state index contributed by atoms with van der Waals surface area (Å²) in [6.45, 7) is 3.77. The molecule has 1 aromatic heterocycles. The molecule has 0 saturated carbocycles. The average molecular weight is 583 g/mol. The molecule has 1 aliphatic rings. The third-order valence-corrected chi connectivity index (χ3v) is 6.82. The maximum Gasteiger partial charge on any atom is 0.220 e. The van der Waals surface area contributed by atoms with Gasteiger partial charge in [-0.05, 0) is 53.6 Å². The van der Waals surface area contributed by atoms with Gasteiger partial charge in [0.15, 0.2) is 22.9 Å². The number of methoxy groups -OCH3 is 4. The minimum Gasteiger partial charge on any atom is -0.504 e. The fourth-order valence-corrected chi connectivity index (χ4v) is 4.54. The number of phenols is 1. The molecular weight excluding hydrogens is 552 g/mol. The Morgan fingerprint density at radius 1 is 0.767 bits per heavy atom. The molecule has 1 N–H and O–H groups in total. The van der Waals surface area contributed by atoms with Crippen molar-refractivity contribution in [1.82, 2.24) is 0 Å². The van der Waals surface area contributed by atoms with Gasteiger partial charge in [-0.1, -0.05) is 30.3 Å². The van der Waals surface area contributed by atoms with E-state index in [2.05, 4.69) is 6.58 Å². The van der Waals surface area contributed by atoms with Crippen LogP contribution in [0.4, 0.5) is 0 Å². The van der Waals surface area contributed by atoms with E-state index in [-0.39, 0.29) is 45.8 Å². The van der Waals surface area contributed by atoms with Crippen LogP contribution in [0.15, 0.2) is 112 Å². The predicted octanol–water partition coefficient (Wildman–Crippen LogP) is 5.76. The normalized spacial score (nSPS) is 13.2. The van der Waals surface area contributed by atoms with Gasteiger partial charge in [-0.15, -0.1) is 6.58 Å². The summed E-state index contributed by atoms with van der Waals surface area (Å²) in [7, 11) is 5.94. The number of phenolic OH excluding ortho intramolecular Hbond substituents is 1. The zero-order valence-electron chi connectivity index (χ0n) is 24.1. The molecule has 0 amide bonds. The van der Waals surface area contributed by atoms with Gasteiger partial charge in [0.2, 0.25) is 17.0 Å². The molecule has 0 aliphatic heterocycles. The number of hydrogen-bond acceptors (Lipinski definition) is 9. The third kappa shape index (κ3) is 6.36. The van der Waals surface area contributed by atoms with Crippen molar-refractivity contribution < 1.29 is 38.1 Å². The standard InChI is InChI=1S/C17H14O5.C17H16O4/c1-20-11-5-3-10(4-6-11)13-9-22-16-12(15(13)19)7-8-14(18)17(16)21-2;1-4-13(11-5-7-12(20-2)8-6-11)14-9-16(19)17(21-3)10-15(14)18/h3-9,18H,1-2H3;4-10,13H,1H2,2-3H3. The number of hydrogen-bond donors (Lipinski definition) is 1. The summed E-state index contributed by atoms with van der Waals surface area (Å²) in [6, 6.07) is 17.4. The van der Waals surface area contributed by atoms with Crippen molar-refractivity contribution in [2.75, 3.05) is 28.4 Å². The van der Waals surface area contributed by atoms with E-state index >= 15 is 0 Å². The monoisotopic (exact) mass is 582 g/mol. The summed E-state index contributed by atoms with van der Waals surface area (Å²) in [4.78, 5) is 36.6. The van der Waals surface area contributed by atoms with Crippen molar-refractivity contribution in [3.8, 4) is 34.1 Å². The summed E-state index contributed by atoms with van der Waals surface area (Å²) in [5.74, 6) is 0.665. The maximum absolute atomic E-state index is 12.6. The van der Waals surface area contributed by atoms with Crippen molar-refractivity contribution >= 4 is 22.5 Å². The van der Waals surface area contributed by atoms with Crippen molar-refractivity contribution in [3.05, 3.63) is 119 Å². The minimum atomic E-state index is -0.345. The van der Waals surface area contributed by atoms with Crippen LogP contribution in [-0.4, -0.2) is 45.1 Å². The first-order valence-electron chi connectivity index (χ1n) is 13.0. The lowest BCUT2D eigenvalue weighted by molar-refractivity contribution is -0.117. The summed E-state index contributed by atoms with van der Waals surface area (Å²) >= 11 is 0. The lowest BCUT2D eigenvalue weighted by atomic mass is 9.85. The number of carbonyl (C=O) groups excluding carboxylic acids is 2. The topological polar surface area (TPSA) is 122 Å². The predicted molar refractivity (Wildman–Crippen MR) is 162 cm³/mol. The van der Waals surface area contributed by atoms with Gasteiger partial charge in [-0.2, -0.15) is 0 Å². The number of allylic oxidation sites excluding steroid dienone is 4. The Bertz CT molecular complexity index is 1780. The number of rotatable bonds is 8. The highest BCUT2D eigenvalue weighted by Gasteiger charge is 2.26. The number of fused-ring (bicyclic) bond motifs is 1. The quantitative estimate of drug-likeness (QED) is 0.204. The molecule has 1 heterocycles. The van der Waals surface area contributed by atoms with Crippen LogP contribution in [0.2, 0.25) is 0 Å². The minimum absolute atomic E-state index is 0.0568. The van der Waals surface area contributed by atoms with E-state index in [0.717, 1.165) is 16.9 Å². The molecule has 9 nitrogen and oxygen atoms in total. The van der Waals surface area contributed by atoms with Gasteiger partial charge in [0.25, 0.3) is 0 Å². The highest BCUT2D eigenvalue weighted by atomic mass is 16.5. The van der Waals surface area contributed by atoms with Crippen molar-refractivity contribution in [2.24, 2.45) is 0 Å². The number of carbonyl (C=O) groups is 2. The fraction of sp³-hybridized carbons (Fsp3) is 0.147. The smallest absolute Gasteiger partial charge is 0.220 e. The second-order valence-electron chi connectivity index (χ2n) is 9.23. The molecule has 3 aromatic carbocycles. The average Bonchev–Trinajstić information content (AvgIpc) is 3.03. The Balaban J connectivity index is 0.000000197. The molecule has 9 heteroatoms. The number of ether oxygens (including phenoxy) is 4. The van der Waals surface area contributed by atoms with Crippen LogP contribution in [0, 0.1) is 0 Å². The van der Waals surface area contributed by atoms with Gasteiger partial charge >= 0.3 is 0 Å². The summed E-state index contributed by atoms with van der Waals surface area (Å²) in [5, 5.41) is 10.1. The summed E-state index contributed by atoms with van der Waals surface area (Å²) in [6.07, 6.45) is 5.55. The first-order valence-corrected chi connectivity index (χ1v) is 13.0. The summed E-state index contributed by atoms with van der Waals surface area (Å²) in [5.41, 5.74) is 2.45. The van der Waals surface area contributed by atoms with E-state index in [1.54, 1.807) is 56.7 Å². The van der Waals surface area contributed by atoms with Crippen LogP contribution < -0.4 is 19.6 Å². The molecule has 0 saturated heterocycles. The molecule has 43 heavy (non-hydrogen) atoms. The Labute approximate surface area is 247 Å². The molecule has 0 spiro atoms. The van der Waals surface area contributed by atoms with E-state index < -0.39 is 0 Å². The maximum atomic E-state index is 12.6. The molecule has 0 fully saturated rings. The molecule has 0 bridgehead atoms. The molecule has 4 aromatic rings. The zero-order valence-corrected chi connectivity index (χ0v) is 24.1. The largest absolute Gasteiger partial charge is 0.504 e. The molecule has 220 valence electrons.